The number of nitriles is 1. The SMILES string of the molecule is CC(C)(C(O)Nc1ccc(C#N)c(Cl)c1)n1cc(I)cn1. The first-order chi connectivity index (χ1) is 9.84. The van der Waals surface area contributed by atoms with E-state index >= 15 is 0 Å². The molecule has 2 rings (SSSR count). The van der Waals surface area contributed by atoms with Crippen LogP contribution in [0.25, 0.3) is 0 Å². The predicted octanol–water partition coefficient (Wildman–Crippen LogP) is 3.18. The molecule has 110 valence electrons. The van der Waals surface area contributed by atoms with Crippen molar-refractivity contribution in [3.8, 4) is 6.07 Å². The topological polar surface area (TPSA) is 73.9 Å². The maximum atomic E-state index is 10.4. The predicted molar refractivity (Wildman–Crippen MR) is 90.1 cm³/mol. The van der Waals surface area contributed by atoms with Gasteiger partial charge in [-0.3, -0.25) is 4.68 Å². The number of halogens is 2. The molecule has 1 aromatic heterocycles. The van der Waals surface area contributed by atoms with Crippen molar-refractivity contribution in [2.45, 2.75) is 25.6 Å². The summed E-state index contributed by atoms with van der Waals surface area (Å²) in [6.07, 6.45) is 2.71. The minimum Gasteiger partial charge on any atom is -0.371 e. The largest absolute Gasteiger partial charge is 0.371 e. The summed E-state index contributed by atoms with van der Waals surface area (Å²) in [6, 6.07) is 6.93. The highest BCUT2D eigenvalue weighted by atomic mass is 127. The fraction of sp³-hybridized carbons (Fsp3) is 0.286. The van der Waals surface area contributed by atoms with E-state index in [0.717, 1.165) is 3.57 Å². The van der Waals surface area contributed by atoms with E-state index in [1.54, 1.807) is 29.1 Å². The molecule has 1 aromatic carbocycles. The third-order valence-electron chi connectivity index (χ3n) is 3.20. The van der Waals surface area contributed by atoms with Crippen LogP contribution in [0.4, 0.5) is 5.69 Å². The van der Waals surface area contributed by atoms with Crippen LogP contribution in [0.1, 0.15) is 19.4 Å². The molecule has 5 nitrogen and oxygen atoms in total. The average molecular weight is 417 g/mol. The number of hydrogen-bond acceptors (Lipinski definition) is 4. The highest BCUT2D eigenvalue weighted by Crippen LogP contribution is 2.25. The molecule has 7 heteroatoms. The molecule has 2 aromatic rings. The van der Waals surface area contributed by atoms with Gasteiger partial charge in [0.2, 0.25) is 0 Å². The fourth-order valence-electron chi connectivity index (χ4n) is 1.77. The summed E-state index contributed by atoms with van der Waals surface area (Å²) in [5, 5.41) is 26.8. The number of nitrogens with one attached hydrogen (secondary N) is 1. The second-order valence-corrected chi connectivity index (χ2v) is 6.76. The summed E-state index contributed by atoms with van der Waals surface area (Å²) in [5.74, 6) is 0. The maximum absolute atomic E-state index is 10.4. The smallest absolute Gasteiger partial charge is 0.149 e. The molecule has 0 aliphatic heterocycles. The maximum Gasteiger partial charge on any atom is 0.149 e. The number of nitrogens with zero attached hydrogens (tertiary/aromatic N) is 3. The van der Waals surface area contributed by atoms with Gasteiger partial charge in [-0.2, -0.15) is 10.4 Å². The molecule has 1 heterocycles. The van der Waals surface area contributed by atoms with Crippen molar-refractivity contribution in [3.05, 3.63) is 44.7 Å². The fourth-order valence-corrected chi connectivity index (χ4v) is 2.38. The Bertz CT molecular complexity index is 693. The summed E-state index contributed by atoms with van der Waals surface area (Å²) in [7, 11) is 0. The molecule has 2 N–H and O–H groups in total. The minimum atomic E-state index is -0.878. The lowest BCUT2D eigenvalue weighted by atomic mass is 10.0. The van der Waals surface area contributed by atoms with Crippen LogP contribution < -0.4 is 5.32 Å². The van der Waals surface area contributed by atoms with Crippen LogP contribution in [0, 0.1) is 14.9 Å². The third kappa shape index (κ3) is 3.48. The number of hydrogen-bond donors (Lipinski definition) is 2. The summed E-state index contributed by atoms with van der Waals surface area (Å²) in [6.45, 7) is 3.75. The molecular weight excluding hydrogens is 403 g/mol. The Morgan fingerprint density at radius 3 is 2.76 bits per heavy atom. The lowest BCUT2D eigenvalue weighted by Gasteiger charge is -2.32. The summed E-state index contributed by atoms with van der Waals surface area (Å²) in [4.78, 5) is 0. The van der Waals surface area contributed by atoms with Crippen molar-refractivity contribution in [1.82, 2.24) is 9.78 Å². The van der Waals surface area contributed by atoms with E-state index in [1.807, 2.05) is 26.1 Å². The van der Waals surface area contributed by atoms with E-state index in [4.69, 9.17) is 16.9 Å². The quantitative estimate of drug-likeness (QED) is 0.593. The van der Waals surface area contributed by atoms with Crippen molar-refractivity contribution in [2.24, 2.45) is 0 Å². The zero-order valence-electron chi connectivity index (χ0n) is 11.5. The van der Waals surface area contributed by atoms with Gasteiger partial charge in [0.25, 0.3) is 0 Å². The molecule has 0 radical (unpaired) electrons. The number of aliphatic hydroxyl groups excluding tert-OH is 1. The van der Waals surface area contributed by atoms with Gasteiger partial charge in [-0.15, -0.1) is 0 Å². The van der Waals surface area contributed by atoms with E-state index in [-0.39, 0.29) is 0 Å². The minimum absolute atomic E-state index is 0.348. The van der Waals surface area contributed by atoms with Crippen LogP contribution in [0.2, 0.25) is 5.02 Å². The highest BCUT2D eigenvalue weighted by Gasteiger charge is 2.30. The van der Waals surface area contributed by atoms with Gasteiger partial charge in [-0.05, 0) is 54.6 Å². The lowest BCUT2D eigenvalue weighted by Crippen LogP contribution is -2.44. The molecule has 0 aliphatic rings. The van der Waals surface area contributed by atoms with Gasteiger partial charge in [0.15, 0.2) is 0 Å². The average Bonchev–Trinajstić information content (AvgIpc) is 2.86. The third-order valence-corrected chi connectivity index (χ3v) is 4.07. The van der Waals surface area contributed by atoms with E-state index < -0.39 is 11.8 Å². The molecule has 0 fully saturated rings. The van der Waals surface area contributed by atoms with E-state index in [1.165, 1.54) is 0 Å². The highest BCUT2D eigenvalue weighted by molar-refractivity contribution is 14.1. The van der Waals surface area contributed by atoms with Crippen molar-refractivity contribution < 1.29 is 5.11 Å². The Labute approximate surface area is 141 Å². The van der Waals surface area contributed by atoms with Crippen molar-refractivity contribution >= 4 is 39.9 Å². The van der Waals surface area contributed by atoms with E-state index in [2.05, 4.69) is 33.0 Å². The Kier molecular flexibility index (Phi) is 4.76. The molecule has 0 saturated heterocycles. The van der Waals surface area contributed by atoms with Crippen LogP contribution >= 0.6 is 34.2 Å². The van der Waals surface area contributed by atoms with Crippen molar-refractivity contribution in [3.63, 3.8) is 0 Å². The van der Waals surface area contributed by atoms with Gasteiger partial charge < -0.3 is 10.4 Å². The number of anilines is 1. The second-order valence-electron chi connectivity index (χ2n) is 5.11. The Morgan fingerprint density at radius 2 is 2.24 bits per heavy atom. The summed E-state index contributed by atoms with van der Waals surface area (Å²) < 4.78 is 2.70. The van der Waals surface area contributed by atoms with Crippen molar-refractivity contribution in [1.29, 1.82) is 5.26 Å². The normalized spacial score (nSPS) is 12.8. The summed E-state index contributed by atoms with van der Waals surface area (Å²) in [5.41, 5.74) is 0.392. The zero-order valence-corrected chi connectivity index (χ0v) is 14.4. The molecule has 1 unspecified atom stereocenters. The molecule has 0 aliphatic carbocycles. The lowest BCUT2D eigenvalue weighted by molar-refractivity contribution is 0.0719. The van der Waals surface area contributed by atoms with Gasteiger partial charge in [0, 0.05) is 11.9 Å². The van der Waals surface area contributed by atoms with E-state index in [0.29, 0.717) is 16.3 Å². The number of aliphatic hydroxyl groups is 1. The Hall–Kier alpha value is -1.30. The zero-order chi connectivity index (χ0) is 15.6. The number of benzene rings is 1. The van der Waals surface area contributed by atoms with Crippen molar-refractivity contribution in [2.75, 3.05) is 5.32 Å². The monoisotopic (exact) mass is 416 g/mol. The summed E-state index contributed by atoms with van der Waals surface area (Å²) >= 11 is 8.15. The first-order valence-corrected chi connectivity index (χ1v) is 7.65. The van der Waals surface area contributed by atoms with E-state index in [9.17, 15) is 5.11 Å². The molecular formula is C14H14ClIN4O. The first kappa shape index (κ1) is 16.1. The first-order valence-electron chi connectivity index (χ1n) is 6.19. The van der Waals surface area contributed by atoms with Crippen LogP contribution in [0.5, 0.6) is 0 Å². The number of rotatable bonds is 4. The molecule has 21 heavy (non-hydrogen) atoms. The standard InChI is InChI=1S/C14H14ClIN4O/c1-14(2,20-8-10(16)7-18-20)13(21)19-11-4-3-9(6-17)12(15)5-11/h3-5,7-8,13,19,21H,1-2H3. The molecule has 0 bridgehead atoms. The molecule has 1 atom stereocenters. The van der Waals surface area contributed by atoms with Crippen LogP contribution in [0.3, 0.4) is 0 Å². The van der Waals surface area contributed by atoms with Gasteiger partial charge >= 0.3 is 0 Å². The molecule has 0 saturated carbocycles. The Morgan fingerprint density at radius 1 is 1.52 bits per heavy atom. The van der Waals surface area contributed by atoms with Crippen LogP contribution in [-0.2, 0) is 5.54 Å². The van der Waals surface area contributed by atoms with Gasteiger partial charge in [0.05, 0.1) is 20.4 Å². The second kappa shape index (κ2) is 6.22. The van der Waals surface area contributed by atoms with Crippen LogP contribution in [0.15, 0.2) is 30.6 Å². The van der Waals surface area contributed by atoms with Gasteiger partial charge in [-0.25, -0.2) is 0 Å². The molecule has 0 amide bonds. The number of aromatic nitrogens is 2. The van der Waals surface area contributed by atoms with Crippen LogP contribution in [-0.4, -0.2) is 21.1 Å². The van der Waals surface area contributed by atoms with Gasteiger partial charge in [-0.1, -0.05) is 11.6 Å². The van der Waals surface area contributed by atoms with Gasteiger partial charge in [0.1, 0.15) is 17.8 Å². The Balaban J connectivity index is 2.19. The molecule has 0 spiro atoms.